The van der Waals surface area contributed by atoms with E-state index in [9.17, 15) is 9.90 Å². The minimum atomic E-state index is -0.629. The van der Waals surface area contributed by atoms with Crippen molar-refractivity contribution < 1.29 is 14.6 Å². The smallest absolute Gasteiger partial charge is 0.251 e. The summed E-state index contributed by atoms with van der Waals surface area (Å²) in [4.78, 5) is 12.3. The molecule has 112 valence electrons. The van der Waals surface area contributed by atoms with E-state index in [1.165, 1.54) is 19.2 Å². The number of methoxy groups -OCH3 is 1. The van der Waals surface area contributed by atoms with Crippen LogP contribution in [-0.4, -0.2) is 30.3 Å². The maximum absolute atomic E-state index is 12.3. The van der Waals surface area contributed by atoms with E-state index < -0.39 is 5.54 Å². The number of aliphatic hydroxyl groups is 1. The van der Waals surface area contributed by atoms with E-state index in [-0.39, 0.29) is 22.6 Å². The first-order valence-corrected chi connectivity index (χ1v) is 7.15. The van der Waals surface area contributed by atoms with Gasteiger partial charge in [0.15, 0.2) is 5.75 Å². The number of carbonyl (C=O) groups excluding carboxylic acids is 1. The Labute approximate surface area is 129 Å². The Hall–Kier alpha value is -0.970. The van der Waals surface area contributed by atoms with E-state index in [0.29, 0.717) is 24.2 Å². The summed E-state index contributed by atoms with van der Waals surface area (Å²) in [5.74, 6) is 0.0125. The summed E-state index contributed by atoms with van der Waals surface area (Å²) in [7, 11) is 1.46. The predicted molar refractivity (Wildman–Crippen MR) is 80.9 cm³/mol. The van der Waals surface area contributed by atoms with Gasteiger partial charge in [0.25, 0.3) is 5.91 Å². The maximum Gasteiger partial charge on any atom is 0.251 e. The van der Waals surface area contributed by atoms with Gasteiger partial charge in [0.05, 0.1) is 29.3 Å². The van der Waals surface area contributed by atoms with Gasteiger partial charge in [0.2, 0.25) is 0 Å². The van der Waals surface area contributed by atoms with E-state index in [2.05, 4.69) is 5.32 Å². The first kappa shape index (κ1) is 17.1. The van der Waals surface area contributed by atoms with Crippen molar-refractivity contribution in [3.8, 4) is 5.75 Å². The van der Waals surface area contributed by atoms with Crippen LogP contribution in [0, 0.1) is 0 Å². The molecular formula is C14H19Cl2NO3. The molecule has 0 aromatic heterocycles. The molecular weight excluding hydrogens is 301 g/mol. The predicted octanol–water partition coefficient (Wildman–Crippen LogP) is 3.28. The third-order valence-electron chi connectivity index (χ3n) is 3.50. The summed E-state index contributed by atoms with van der Waals surface area (Å²) in [6, 6.07) is 2.99. The molecule has 1 aromatic rings. The van der Waals surface area contributed by atoms with Crippen LogP contribution in [0.15, 0.2) is 12.1 Å². The van der Waals surface area contributed by atoms with Crippen LogP contribution < -0.4 is 10.1 Å². The minimum Gasteiger partial charge on any atom is -0.494 e. The van der Waals surface area contributed by atoms with Crippen molar-refractivity contribution >= 4 is 29.1 Å². The van der Waals surface area contributed by atoms with Crippen LogP contribution in [0.25, 0.3) is 0 Å². The second-order valence-electron chi connectivity index (χ2n) is 4.57. The number of halogens is 2. The highest BCUT2D eigenvalue weighted by molar-refractivity contribution is 6.37. The number of benzene rings is 1. The van der Waals surface area contributed by atoms with Gasteiger partial charge in [-0.05, 0) is 25.0 Å². The molecule has 0 saturated carbocycles. The number of aliphatic hydroxyl groups excluding tert-OH is 1. The lowest BCUT2D eigenvalue weighted by Crippen LogP contribution is -2.50. The molecule has 0 radical (unpaired) electrons. The summed E-state index contributed by atoms with van der Waals surface area (Å²) in [5.41, 5.74) is -0.295. The molecule has 0 aliphatic carbocycles. The van der Waals surface area contributed by atoms with Crippen molar-refractivity contribution in [2.24, 2.45) is 0 Å². The second kappa shape index (κ2) is 7.16. The first-order valence-electron chi connectivity index (χ1n) is 6.39. The highest BCUT2D eigenvalue weighted by Crippen LogP contribution is 2.34. The average Bonchev–Trinajstić information content (AvgIpc) is 2.44. The lowest BCUT2D eigenvalue weighted by atomic mass is 9.93. The molecule has 4 nitrogen and oxygen atoms in total. The quantitative estimate of drug-likeness (QED) is 0.846. The fraction of sp³-hybridized carbons (Fsp3) is 0.500. The number of hydrogen-bond acceptors (Lipinski definition) is 3. The van der Waals surface area contributed by atoms with E-state index in [1.807, 2.05) is 13.8 Å². The Morgan fingerprint density at radius 1 is 1.30 bits per heavy atom. The molecule has 1 rings (SSSR count). The zero-order chi connectivity index (χ0) is 15.3. The van der Waals surface area contributed by atoms with Crippen molar-refractivity contribution in [1.29, 1.82) is 0 Å². The molecule has 0 heterocycles. The summed E-state index contributed by atoms with van der Waals surface area (Å²) in [5, 5.41) is 12.9. The molecule has 0 bridgehead atoms. The van der Waals surface area contributed by atoms with Crippen LogP contribution >= 0.6 is 23.2 Å². The highest BCUT2D eigenvalue weighted by Gasteiger charge is 2.28. The van der Waals surface area contributed by atoms with Gasteiger partial charge in [0.1, 0.15) is 0 Å². The molecule has 1 aromatic carbocycles. The zero-order valence-electron chi connectivity index (χ0n) is 11.8. The van der Waals surface area contributed by atoms with Gasteiger partial charge in [-0.15, -0.1) is 0 Å². The monoisotopic (exact) mass is 319 g/mol. The number of carbonyl (C=O) groups is 1. The van der Waals surface area contributed by atoms with Crippen molar-refractivity contribution in [2.75, 3.05) is 13.7 Å². The Bertz CT molecular complexity index is 456. The van der Waals surface area contributed by atoms with Gasteiger partial charge in [-0.1, -0.05) is 37.0 Å². The van der Waals surface area contributed by atoms with Crippen LogP contribution in [0.3, 0.4) is 0 Å². The number of rotatable bonds is 6. The Kier molecular flexibility index (Phi) is 6.11. The van der Waals surface area contributed by atoms with Crippen molar-refractivity contribution in [3.63, 3.8) is 0 Å². The van der Waals surface area contributed by atoms with E-state index in [4.69, 9.17) is 27.9 Å². The second-order valence-corrected chi connectivity index (χ2v) is 5.39. The molecule has 2 N–H and O–H groups in total. The van der Waals surface area contributed by atoms with Crippen molar-refractivity contribution in [1.82, 2.24) is 5.32 Å². The molecule has 0 unspecified atom stereocenters. The largest absolute Gasteiger partial charge is 0.494 e. The first-order chi connectivity index (χ1) is 9.42. The van der Waals surface area contributed by atoms with Crippen LogP contribution in [-0.2, 0) is 0 Å². The van der Waals surface area contributed by atoms with Crippen LogP contribution in [0.2, 0.25) is 10.0 Å². The molecule has 0 spiro atoms. The highest BCUT2D eigenvalue weighted by atomic mass is 35.5. The molecule has 0 aliphatic heterocycles. The Morgan fingerprint density at radius 3 is 2.15 bits per heavy atom. The number of nitrogens with one attached hydrogen (secondary N) is 1. The summed E-state index contributed by atoms with van der Waals surface area (Å²) >= 11 is 12.0. The number of amides is 1. The van der Waals surface area contributed by atoms with E-state index in [0.717, 1.165) is 0 Å². The molecule has 0 saturated heterocycles. The molecule has 0 fully saturated rings. The molecule has 0 atom stereocenters. The van der Waals surface area contributed by atoms with Gasteiger partial charge >= 0.3 is 0 Å². The maximum atomic E-state index is 12.3. The molecule has 1 amide bonds. The molecule has 20 heavy (non-hydrogen) atoms. The van der Waals surface area contributed by atoms with Crippen LogP contribution in [0.5, 0.6) is 5.75 Å². The SMILES string of the molecule is CCC(CC)(CO)NC(=O)c1cc(Cl)c(OC)c(Cl)c1. The van der Waals surface area contributed by atoms with Gasteiger partial charge in [-0.3, -0.25) is 4.79 Å². The topological polar surface area (TPSA) is 58.6 Å². The van der Waals surface area contributed by atoms with E-state index in [1.54, 1.807) is 0 Å². The lowest BCUT2D eigenvalue weighted by molar-refractivity contribution is 0.0818. The number of hydrogen-bond donors (Lipinski definition) is 2. The average molecular weight is 320 g/mol. The van der Waals surface area contributed by atoms with Gasteiger partial charge < -0.3 is 15.2 Å². The van der Waals surface area contributed by atoms with Gasteiger partial charge in [-0.25, -0.2) is 0 Å². The van der Waals surface area contributed by atoms with Crippen LogP contribution in [0.1, 0.15) is 37.0 Å². The fourth-order valence-corrected chi connectivity index (χ4v) is 2.53. The third-order valence-corrected chi connectivity index (χ3v) is 4.06. The zero-order valence-corrected chi connectivity index (χ0v) is 13.3. The summed E-state index contributed by atoms with van der Waals surface area (Å²) < 4.78 is 5.04. The van der Waals surface area contributed by atoms with Crippen LogP contribution in [0.4, 0.5) is 0 Å². The lowest BCUT2D eigenvalue weighted by Gasteiger charge is -2.30. The van der Waals surface area contributed by atoms with Crippen molar-refractivity contribution in [2.45, 2.75) is 32.2 Å². The summed E-state index contributed by atoms with van der Waals surface area (Å²) in [6.07, 6.45) is 1.26. The standard InChI is InChI=1S/C14H19Cl2NO3/c1-4-14(5-2,8-18)17-13(19)9-6-10(15)12(20-3)11(16)7-9/h6-7,18H,4-5,8H2,1-3H3,(H,17,19). The third kappa shape index (κ3) is 3.57. The Morgan fingerprint density at radius 2 is 1.80 bits per heavy atom. The van der Waals surface area contributed by atoms with Gasteiger partial charge in [-0.2, -0.15) is 0 Å². The fourth-order valence-electron chi connectivity index (χ4n) is 1.89. The Balaban J connectivity index is 3.04. The van der Waals surface area contributed by atoms with Crippen molar-refractivity contribution in [3.05, 3.63) is 27.7 Å². The van der Waals surface area contributed by atoms with Gasteiger partial charge in [0, 0.05) is 5.56 Å². The number of ether oxygens (including phenoxy) is 1. The minimum absolute atomic E-state index is 0.122. The normalized spacial score (nSPS) is 11.3. The van der Waals surface area contributed by atoms with E-state index >= 15 is 0 Å². The molecule has 0 aliphatic rings. The summed E-state index contributed by atoms with van der Waals surface area (Å²) in [6.45, 7) is 3.70. The molecule has 6 heteroatoms.